The van der Waals surface area contributed by atoms with Crippen LogP contribution in [0.15, 0.2) is 41.8 Å². The first kappa shape index (κ1) is 23.5. The summed E-state index contributed by atoms with van der Waals surface area (Å²) in [6, 6.07) is 6.50. The van der Waals surface area contributed by atoms with Crippen molar-refractivity contribution in [1.82, 2.24) is 9.62 Å². The van der Waals surface area contributed by atoms with E-state index < -0.39 is 10.0 Å². The Bertz CT molecular complexity index is 1050. The van der Waals surface area contributed by atoms with Crippen molar-refractivity contribution in [3.05, 3.63) is 36.9 Å². The Labute approximate surface area is 202 Å². The third-order valence-corrected chi connectivity index (χ3v) is 10.5. The topological polar surface area (TPSA) is 95.6 Å². The highest BCUT2D eigenvalue weighted by atomic mass is 32.2. The van der Waals surface area contributed by atoms with E-state index >= 15 is 0 Å². The van der Waals surface area contributed by atoms with E-state index in [-0.39, 0.29) is 34.1 Å². The molecule has 2 amide bonds. The lowest BCUT2D eigenvalue weighted by atomic mass is 9.49. The van der Waals surface area contributed by atoms with E-state index in [0.717, 1.165) is 19.3 Å². The predicted octanol–water partition coefficient (Wildman–Crippen LogP) is 3.54. The van der Waals surface area contributed by atoms with E-state index in [2.05, 4.69) is 17.2 Å². The maximum absolute atomic E-state index is 13.3. The van der Waals surface area contributed by atoms with Gasteiger partial charge in [0.05, 0.1) is 10.3 Å². The molecule has 1 aromatic rings. The molecule has 1 saturated heterocycles. The first-order valence-corrected chi connectivity index (χ1v) is 14.0. The van der Waals surface area contributed by atoms with E-state index in [4.69, 9.17) is 0 Å². The zero-order valence-electron chi connectivity index (χ0n) is 19.8. The van der Waals surface area contributed by atoms with Crippen LogP contribution >= 0.6 is 0 Å². The fraction of sp³-hybridized carbons (Fsp3) is 0.615. The van der Waals surface area contributed by atoms with Gasteiger partial charge in [0.15, 0.2) is 0 Å². The fourth-order valence-electron chi connectivity index (χ4n) is 7.29. The van der Waals surface area contributed by atoms with Crippen molar-refractivity contribution in [2.75, 3.05) is 18.4 Å². The van der Waals surface area contributed by atoms with Crippen molar-refractivity contribution >= 4 is 27.5 Å². The van der Waals surface area contributed by atoms with E-state index in [1.807, 2.05) is 6.92 Å². The van der Waals surface area contributed by atoms with Crippen LogP contribution in [0.3, 0.4) is 0 Å². The molecule has 34 heavy (non-hydrogen) atoms. The number of hydrogen-bond acceptors (Lipinski definition) is 4. The number of piperidine rings is 1. The van der Waals surface area contributed by atoms with Gasteiger partial charge in [0, 0.05) is 24.8 Å². The van der Waals surface area contributed by atoms with Crippen LogP contribution in [0.25, 0.3) is 0 Å². The van der Waals surface area contributed by atoms with Crippen molar-refractivity contribution < 1.29 is 18.0 Å². The second kappa shape index (κ2) is 8.79. The van der Waals surface area contributed by atoms with Gasteiger partial charge in [-0.15, -0.1) is 0 Å². The van der Waals surface area contributed by atoms with Crippen molar-refractivity contribution in [3.8, 4) is 0 Å². The van der Waals surface area contributed by atoms with Gasteiger partial charge in [-0.05, 0) is 99.0 Å². The summed E-state index contributed by atoms with van der Waals surface area (Å²) < 4.78 is 27.9. The smallest absolute Gasteiger partial charge is 0.243 e. The van der Waals surface area contributed by atoms with Gasteiger partial charge < -0.3 is 10.6 Å². The molecule has 4 saturated carbocycles. The Kier molecular flexibility index (Phi) is 6.09. The molecule has 7 nitrogen and oxygen atoms in total. The molecule has 2 unspecified atom stereocenters. The van der Waals surface area contributed by atoms with Crippen LogP contribution < -0.4 is 10.6 Å². The zero-order chi connectivity index (χ0) is 24.1. The molecule has 5 fully saturated rings. The standard InChI is InChI=1S/C26H35N3O4S/c1-3-24(30)28-23-8-9-29(16-17(23)2)34(32,33)22-6-4-21(5-7-22)27-25(31)26-13-18-10-19(14-26)12-20(11-18)15-26/h3-7,17-20,23H,1,8-16H2,2H3,(H,27,31)(H,28,30). The molecule has 184 valence electrons. The number of carbonyl (C=O) groups excluding carboxylic acids is 2. The van der Waals surface area contributed by atoms with Crippen LogP contribution in [0.5, 0.6) is 0 Å². The highest BCUT2D eigenvalue weighted by Crippen LogP contribution is 2.60. The fourth-order valence-corrected chi connectivity index (χ4v) is 8.85. The minimum absolute atomic E-state index is 0.00809. The molecule has 1 aliphatic heterocycles. The molecular formula is C26H35N3O4S. The number of nitrogens with one attached hydrogen (secondary N) is 2. The van der Waals surface area contributed by atoms with Crippen LogP contribution in [0.2, 0.25) is 0 Å². The lowest BCUT2D eigenvalue weighted by Crippen LogP contribution is -2.51. The van der Waals surface area contributed by atoms with Gasteiger partial charge >= 0.3 is 0 Å². The summed E-state index contributed by atoms with van der Waals surface area (Å²) >= 11 is 0. The van der Waals surface area contributed by atoms with Gasteiger partial charge in [0.25, 0.3) is 0 Å². The summed E-state index contributed by atoms with van der Waals surface area (Å²) in [6.45, 7) is 6.10. The van der Waals surface area contributed by atoms with Gasteiger partial charge in [-0.1, -0.05) is 13.5 Å². The van der Waals surface area contributed by atoms with E-state index in [9.17, 15) is 18.0 Å². The molecular weight excluding hydrogens is 450 g/mol. The molecule has 5 aliphatic rings. The maximum Gasteiger partial charge on any atom is 0.243 e. The first-order valence-electron chi connectivity index (χ1n) is 12.5. The Morgan fingerprint density at radius 1 is 1.06 bits per heavy atom. The largest absolute Gasteiger partial charge is 0.349 e. The second-order valence-corrected chi connectivity index (χ2v) is 13.1. The quantitative estimate of drug-likeness (QED) is 0.603. The number of anilines is 1. The molecule has 6 rings (SSSR count). The molecule has 2 N–H and O–H groups in total. The van der Waals surface area contributed by atoms with E-state index in [1.54, 1.807) is 24.3 Å². The van der Waals surface area contributed by atoms with Crippen LogP contribution in [-0.2, 0) is 19.6 Å². The number of amides is 2. The summed E-state index contributed by atoms with van der Waals surface area (Å²) in [7, 11) is -3.65. The van der Waals surface area contributed by atoms with Crippen molar-refractivity contribution in [3.63, 3.8) is 0 Å². The highest BCUT2D eigenvalue weighted by molar-refractivity contribution is 7.89. The normalized spacial score (nSPS) is 35.0. The SMILES string of the molecule is C=CC(=O)NC1CCN(S(=O)(=O)c2ccc(NC(=O)C34CC5CC(CC(C5)C3)C4)cc2)CC1C. The Hall–Kier alpha value is -2.19. The third-order valence-electron chi connectivity index (χ3n) is 8.65. The predicted molar refractivity (Wildman–Crippen MR) is 130 cm³/mol. The number of benzene rings is 1. The Morgan fingerprint density at radius 2 is 1.65 bits per heavy atom. The first-order chi connectivity index (χ1) is 16.2. The lowest BCUT2D eigenvalue weighted by molar-refractivity contribution is -0.140. The molecule has 1 aromatic carbocycles. The van der Waals surface area contributed by atoms with E-state index in [1.165, 1.54) is 29.6 Å². The molecule has 8 heteroatoms. The zero-order valence-corrected chi connectivity index (χ0v) is 20.6. The monoisotopic (exact) mass is 485 g/mol. The van der Waals surface area contributed by atoms with Gasteiger partial charge in [0.2, 0.25) is 21.8 Å². The summed E-state index contributed by atoms with van der Waals surface area (Å²) in [5.41, 5.74) is 0.417. The van der Waals surface area contributed by atoms with Gasteiger partial charge in [-0.3, -0.25) is 9.59 Å². The van der Waals surface area contributed by atoms with Gasteiger partial charge in [0.1, 0.15) is 0 Å². The number of nitrogens with zero attached hydrogens (tertiary/aromatic N) is 1. The molecule has 2 atom stereocenters. The molecule has 0 aromatic heterocycles. The Balaban J connectivity index is 1.23. The molecule has 1 heterocycles. The highest BCUT2D eigenvalue weighted by Gasteiger charge is 2.54. The average Bonchev–Trinajstić information content (AvgIpc) is 2.79. The molecule has 0 spiro atoms. The Morgan fingerprint density at radius 3 is 2.18 bits per heavy atom. The van der Waals surface area contributed by atoms with Crippen LogP contribution in [0, 0.1) is 29.1 Å². The lowest BCUT2D eigenvalue weighted by Gasteiger charge is -2.55. The summed E-state index contributed by atoms with van der Waals surface area (Å²) in [6.07, 6.45) is 8.65. The van der Waals surface area contributed by atoms with Crippen LogP contribution in [-0.4, -0.2) is 43.7 Å². The van der Waals surface area contributed by atoms with Crippen LogP contribution in [0.4, 0.5) is 5.69 Å². The number of hydrogen-bond donors (Lipinski definition) is 2. The number of carbonyl (C=O) groups is 2. The third kappa shape index (κ3) is 4.31. The number of sulfonamides is 1. The molecule has 4 aliphatic carbocycles. The minimum Gasteiger partial charge on any atom is -0.349 e. The molecule has 4 bridgehead atoms. The van der Waals surface area contributed by atoms with Crippen molar-refractivity contribution in [1.29, 1.82) is 0 Å². The van der Waals surface area contributed by atoms with Gasteiger partial charge in [-0.25, -0.2) is 8.42 Å². The summed E-state index contributed by atoms with van der Waals surface area (Å²) in [4.78, 5) is 25.1. The molecule has 0 radical (unpaired) electrons. The van der Waals surface area contributed by atoms with E-state index in [0.29, 0.717) is 43.0 Å². The average molecular weight is 486 g/mol. The minimum atomic E-state index is -3.65. The number of rotatable bonds is 6. The maximum atomic E-state index is 13.3. The van der Waals surface area contributed by atoms with Crippen molar-refractivity contribution in [2.45, 2.75) is 62.8 Å². The second-order valence-electron chi connectivity index (χ2n) is 11.1. The summed E-state index contributed by atoms with van der Waals surface area (Å²) in [5, 5.41) is 5.98. The van der Waals surface area contributed by atoms with Crippen LogP contribution in [0.1, 0.15) is 51.9 Å². The van der Waals surface area contributed by atoms with Crippen molar-refractivity contribution in [2.24, 2.45) is 29.1 Å². The summed E-state index contributed by atoms with van der Waals surface area (Å²) in [5.74, 6) is 1.95. The van der Waals surface area contributed by atoms with Gasteiger partial charge in [-0.2, -0.15) is 4.31 Å².